The van der Waals surface area contributed by atoms with Crippen LogP contribution in [-0.2, 0) is 0 Å². The van der Waals surface area contributed by atoms with E-state index in [0.29, 0.717) is 6.04 Å². The largest absolute Gasteiger partial charge is 0.309 e. The number of piperazine rings is 1. The lowest BCUT2D eigenvalue weighted by Gasteiger charge is -2.32. The van der Waals surface area contributed by atoms with Gasteiger partial charge in [-0.2, -0.15) is 0 Å². The SMILES string of the molecule is CCC(NCCN1CCN(C)CC1)c1ccccc1. The standard InChI is InChI=1S/C16H27N3/c1-3-16(15-7-5-4-6-8-15)17-9-10-19-13-11-18(2)12-14-19/h4-8,16-17H,3,9-14H2,1-2H3. The van der Waals surface area contributed by atoms with Crippen molar-refractivity contribution in [1.29, 1.82) is 0 Å². The Morgan fingerprint density at radius 1 is 1.11 bits per heavy atom. The van der Waals surface area contributed by atoms with Gasteiger partial charge in [0.1, 0.15) is 0 Å². The summed E-state index contributed by atoms with van der Waals surface area (Å²) in [6.45, 7) is 9.32. The van der Waals surface area contributed by atoms with Crippen LogP contribution in [0, 0.1) is 0 Å². The third kappa shape index (κ3) is 4.60. The first-order chi connectivity index (χ1) is 9.29. The lowest BCUT2D eigenvalue weighted by atomic mass is 10.0. The van der Waals surface area contributed by atoms with Gasteiger partial charge in [0, 0.05) is 45.3 Å². The number of hydrogen-bond donors (Lipinski definition) is 1. The van der Waals surface area contributed by atoms with Gasteiger partial charge < -0.3 is 10.2 Å². The lowest BCUT2D eigenvalue weighted by Crippen LogP contribution is -2.46. The first kappa shape index (κ1) is 14.5. The Balaban J connectivity index is 1.72. The van der Waals surface area contributed by atoms with Gasteiger partial charge in [-0.25, -0.2) is 0 Å². The minimum Gasteiger partial charge on any atom is -0.309 e. The molecular formula is C16H27N3. The van der Waals surface area contributed by atoms with Crippen LogP contribution in [0.25, 0.3) is 0 Å². The number of hydrogen-bond acceptors (Lipinski definition) is 3. The molecule has 19 heavy (non-hydrogen) atoms. The zero-order valence-electron chi connectivity index (χ0n) is 12.3. The van der Waals surface area contributed by atoms with E-state index in [1.165, 1.54) is 31.7 Å². The molecule has 1 aliphatic rings. The summed E-state index contributed by atoms with van der Waals surface area (Å²) in [4.78, 5) is 4.97. The maximum atomic E-state index is 3.69. The molecule has 0 aliphatic carbocycles. The zero-order valence-corrected chi connectivity index (χ0v) is 12.3. The predicted octanol–water partition coefficient (Wildman–Crippen LogP) is 1.97. The smallest absolute Gasteiger partial charge is 0.0318 e. The Labute approximate surface area is 117 Å². The quantitative estimate of drug-likeness (QED) is 0.845. The average Bonchev–Trinajstić information content (AvgIpc) is 2.46. The Morgan fingerprint density at radius 3 is 2.42 bits per heavy atom. The summed E-state index contributed by atoms with van der Waals surface area (Å²) in [6, 6.07) is 11.3. The van der Waals surface area contributed by atoms with Crippen LogP contribution in [0.5, 0.6) is 0 Å². The molecule has 0 radical (unpaired) electrons. The van der Waals surface area contributed by atoms with Gasteiger partial charge in [-0.15, -0.1) is 0 Å². The molecule has 0 amide bonds. The molecule has 2 rings (SSSR count). The molecule has 0 spiro atoms. The van der Waals surface area contributed by atoms with E-state index in [1.54, 1.807) is 0 Å². The monoisotopic (exact) mass is 261 g/mol. The number of benzene rings is 1. The van der Waals surface area contributed by atoms with Gasteiger partial charge >= 0.3 is 0 Å². The van der Waals surface area contributed by atoms with E-state index in [2.05, 4.69) is 59.4 Å². The molecule has 106 valence electrons. The maximum absolute atomic E-state index is 3.69. The number of likely N-dealkylation sites (N-methyl/N-ethyl adjacent to an activating group) is 1. The van der Waals surface area contributed by atoms with Crippen molar-refractivity contribution in [2.24, 2.45) is 0 Å². The summed E-state index contributed by atoms with van der Waals surface area (Å²) in [5.41, 5.74) is 1.41. The van der Waals surface area contributed by atoms with E-state index in [9.17, 15) is 0 Å². The minimum absolute atomic E-state index is 0.494. The van der Waals surface area contributed by atoms with E-state index in [1.807, 2.05) is 0 Å². The van der Waals surface area contributed by atoms with E-state index >= 15 is 0 Å². The van der Waals surface area contributed by atoms with E-state index in [-0.39, 0.29) is 0 Å². The molecule has 0 aromatic heterocycles. The molecule has 0 bridgehead atoms. The maximum Gasteiger partial charge on any atom is 0.0318 e. The Bertz CT molecular complexity index is 344. The normalized spacial score (nSPS) is 19.5. The van der Waals surface area contributed by atoms with Crippen LogP contribution in [0.3, 0.4) is 0 Å². The van der Waals surface area contributed by atoms with Crippen LogP contribution in [-0.4, -0.2) is 56.1 Å². The highest BCUT2D eigenvalue weighted by molar-refractivity contribution is 5.18. The molecule has 0 saturated carbocycles. The van der Waals surface area contributed by atoms with Crippen LogP contribution >= 0.6 is 0 Å². The van der Waals surface area contributed by atoms with Gasteiger partial charge in [0.25, 0.3) is 0 Å². The molecule has 1 N–H and O–H groups in total. The number of nitrogens with one attached hydrogen (secondary N) is 1. The fourth-order valence-electron chi connectivity index (χ4n) is 2.65. The molecule has 1 heterocycles. The lowest BCUT2D eigenvalue weighted by molar-refractivity contribution is 0.153. The average molecular weight is 261 g/mol. The third-order valence-electron chi connectivity index (χ3n) is 4.02. The van der Waals surface area contributed by atoms with Crippen LogP contribution < -0.4 is 5.32 Å². The summed E-state index contributed by atoms with van der Waals surface area (Å²) in [5.74, 6) is 0. The van der Waals surface area contributed by atoms with Crippen molar-refractivity contribution in [2.45, 2.75) is 19.4 Å². The topological polar surface area (TPSA) is 18.5 Å². The Kier molecular flexibility index (Phi) is 5.83. The van der Waals surface area contributed by atoms with E-state index in [4.69, 9.17) is 0 Å². The molecule has 1 saturated heterocycles. The van der Waals surface area contributed by atoms with Crippen molar-refractivity contribution in [3.63, 3.8) is 0 Å². The Hall–Kier alpha value is -0.900. The van der Waals surface area contributed by atoms with Gasteiger partial charge in [0.2, 0.25) is 0 Å². The van der Waals surface area contributed by atoms with Gasteiger partial charge in [0.15, 0.2) is 0 Å². The highest BCUT2D eigenvalue weighted by Crippen LogP contribution is 2.15. The van der Waals surface area contributed by atoms with Gasteiger partial charge in [0.05, 0.1) is 0 Å². The molecule has 1 atom stereocenters. The molecule has 3 heteroatoms. The molecule has 3 nitrogen and oxygen atoms in total. The number of nitrogens with zero attached hydrogens (tertiary/aromatic N) is 2. The highest BCUT2D eigenvalue weighted by atomic mass is 15.2. The van der Waals surface area contributed by atoms with Gasteiger partial charge in [-0.3, -0.25) is 4.90 Å². The summed E-state index contributed by atoms with van der Waals surface area (Å²) in [5, 5.41) is 3.69. The fourth-order valence-corrected chi connectivity index (χ4v) is 2.65. The van der Waals surface area contributed by atoms with Crippen LogP contribution in [0.1, 0.15) is 24.9 Å². The van der Waals surface area contributed by atoms with Crippen LogP contribution in [0.4, 0.5) is 0 Å². The van der Waals surface area contributed by atoms with Crippen molar-refractivity contribution in [3.05, 3.63) is 35.9 Å². The van der Waals surface area contributed by atoms with Crippen molar-refractivity contribution in [1.82, 2.24) is 15.1 Å². The second kappa shape index (κ2) is 7.63. The summed E-state index contributed by atoms with van der Waals surface area (Å²) in [6.07, 6.45) is 1.15. The second-order valence-electron chi connectivity index (χ2n) is 5.47. The molecule has 1 aromatic carbocycles. The third-order valence-corrected chi connectivity index (χ3v) is 4.02. The van der Waals surface area contributed by atoms with Gasteiger partial charge in [-0.05, 0) is 19.0 Å². The van der Waals surface area contributed by atoms with Crippen molar-refractivity contribution < 1.29 is 0 Å². The number of rotatable bonds is 6. The van der Waals surface area contributed by atoms with E-state index in [0.717, 1.165) is 19.5 Å². The predicted molar refractivity (Wildman–Crippen MR) is 81.4 cm³/mol. The Morgan fingerprint density at radius 2 is 1.79 bits per heavy atom. The first-order valence-corrected chi connectivity index (χ1v) is 7.49. The van der Waals surface area contributed by atoms with Crippen molar-refractivity contribution in [3.8, 4) is 0 Å². The van der Waals surface area contributed by atoms with Crippen molar-refractivity contribution in [2.75, 3.05) is 46.3 Å². The molecule has 1 fully saturated rings. The second-order valence-corrected chi connectivity index (χ2v) is 5.47. The molecule has 1 aliphatic heterocycles. The highest BCUT2D eigenvalue weighted by Gasteiger charge is 2.14. The minimum atomic E-state index is 0.494. The van der Waals surface area contributed by atoms with E-state index < -0.39 is 0 Å². The first-order valence-electron chi connectivity index (χ1n) is 7.49. The van der Waals surface area contributed by atoms with Crippen molar-refractivity contribution >= 4 is 0 Å². The molecule has 1 aromatic rings. The molecular weight excluding hydrogens is 234 g/mol. The summed E-state index contributed by atoms with van der Waals surface area (Å²) in [7, 11) is 2.21. The summed E-state index contributed by atoms with van der Waals surface area (Å²) >= 11 is 0. The fraction of sp³-hybridized carbons (Fsp3) is 0.625. The van der Waals surface area contributed by atoms with Crippen LogP contribution in [0.2, 0.25) is 0 Å². The van der Waals surface area contributed by atoms with Gasteiger partial charge in [-0.1, -0.05) is 37.3 Å². The van der Waals surface area contributed by atoms with Crippen LogP contribution in [0.15, 0.2) is 30.3 Å². The summed E-state index contributed by atoms with van der Waals surface area (Å²) < 4.78 is 0. The molecule has 1 unspecified atom stereocenters. The zero-order chi connectivity index (χ0) is 13.5.